The lowest BCUT2D eigenvalue weighted by atomic mass is 10.1. The molecule has 0 amide bonds. The zero-order valence-electron chi connectivity index (χ0n) is 10.2. The molecule has 1 aromatic carbocycles. The summed E-state index contributed by atoms with van der Waals surface area (Å²) in [5.74, 6) is 0.318. The Morgan fingerprint density at radius 3 is 3.12 bits per heavy atom. The number of hydrogen-bond acceptors (Lipinski definition) is 4. The SMILES string of the molecule is CC(c1cccc(O)c1)N1CCOC(CN)C1. The van der Waals surface area contributed by atoms with Crippen LogP contribution in [0.15, 0.2) is 24.3 Å². The van der Waals surface area contributed by atoms with Gasteiger partial charge in [-0.1, -0.05) is 12.1 Å². The molecular weight excluding hydrogens is 216 g/mol. The lowest BCUT2D eigenvalue weighted by Gasteiger charge is -2.36. The highest BCUT2D eigenvalue weighted by Crippen LogP contribution is 2.24. The number of aromatic hydroxyl groups is 1. The molecule has 1 fully saturated rings. The molecule has 1 aliphatic rings. The second-order valence-electron chi connectivity index (χ2n) is 4.49. The van der Waals surface area contributed by atoms with Crippen LogP contribution in [0.2, 0.25) is 0 Å². The monoisotopic (exact) mass is 236 g/mol. The second kappa shape index (κ2) is 5.49. The van der Waals surface area contributed by atoms with E-state index in [-0.39, 0.29) is 12.1 Å². The van der Waals surface area contributed by atoms with E-state index in [1.807, 2.05) is 18.2 Å². The van der Waals surface area contributed by atoms with E-state index in [0.29, 0.717) is 12.3 Å². The maximum absolute atomic E-state index is 9.50. The first kappa shape index (κ1) is 12.4. The zero-order chi connectivity index (χ0) is 12.3. The Kier molecular flexibility index (Phi) is 3.99. The summed E-state index contributed by atoms with van der Waals surface area (Å²) in [5, 5.41) is 9.50. The van der Waals surface area contributed by atoms with Crippen molar-refractivity contribution in [2.45, 2.75) is 19.1 Å². The van der Waals surface area contributed by atoms with Gasteiger partial charge < -0.3 is 15.6 Å². The summed E-state index contributed by atoms with van der Waals surface area (Å²) in [7, 11) is 0. The fourth-order valence-corrected chi connectivity index (χ4v) is 2.23. The van der Waals surface area contributed by atoms with Gasteiger partial charge in [-0.25, -0.2) is 0 Å². The van der Waals surface area contributed by atoms with Crippen molar-refractivity contribution in [2.24, 2.45) is 5.73 Å². The van der Waals surface area contributed by atoms with E-state index in [2.05, 4.69) is 11.8 Å². The number of nitrogens with zero attached hydrogens (tertiary/aromatic N) is 1. The number of benzene rings is 1. The van der Waals surface area contributed by atoms with Crippen LogP contribution in [0.4, 0.5) is 0 Å². The molecule has 1 aliphatic heterocycles. The fourth-order valence-electron chi connectivity index (χ4n) is 2.23. The maximum Gasteiger partial charge on any atom is 0.115 e. The summed E-state index contributed by atoms with van der Waals surface area (Å²) in [6.45, 7) is 5.20. The average Bonchev–Trinajstić information content (AvgIpc) is 2.38. The molecule has 0 aliphatic carbocycles. The molecule has 1 heterocycles. The first-order valence-corrected chi connectivity index (χ1v) is 6.05. The Bertz CT molecular complexity index is 370. The highest BCUT2D eigenvalue weighted by molar-refractivity contribution is 5.29. The molecule has 17 heavy (non-hydrogen) atoms. The van der Waals surface area contributed by atoms with Crippen LogP contribution in [0.3, 0.4) is 0 Å². The number of phenols is 1. The molecule has 4 heteroatoms. The molecule has 1 aromatic rings. The minimum Gasteiger partial charge on any atom is -0.508 e. The number of ether oxygens (including phenoxy) is 1. The summed E-state index contributed by atoms with van der Waals surface area (Å²) < 4.78 is 5.55. The van der Waals surface area contributed by atoms with Crippen LogP contribution in [0, 0.1) is 0 Å². The van der Waals surface area contributed by atoms with Crippen LogP contribution >= 0.6 is 0 Å². The normalized spacial score (nSPS) is 23.5. The third kappa shape index (κ3) is 2.97. The van der Waals surface area contributed by atoms with Crippen molar-refractivity contribution in [1.29, 1.82) is 0 Å². The minimum absolute atomic E-state index is 0.128. The Morgan fingerprint density at radius 1 is 1.59 bits per heavy atom. The molecule has 2 unspecified atom stereocenters. The zero-order valence-corrected chi connectivity index (χ0v) is 10.2. The predicted octanol–water partition coefficient (Wildman–Crippen LogP) is 1.11. The Balaban J connectivity index is 2.06. The van der Waals surface area contributed by atoms with Gasteiger partial charge in [0.05, 0.1) is 12.7 Å². The lowest BCUT2D eigenvalue weighted by Crippen LogP contribution is -2.46. The molecule has 0 spiro atoms. The van der Waals surface area contributed by atoms with Gasteiger partial charge >= 0.3 is 0 Å². The number of phenolic OH excluding ortho intramolecular Hbond substituents is 1. The molecule has 4 nitrogen and oxygen atoms in total. The van der Waals surface area contributed by atoms with E-state index >= 15 is 0 Å². The Morgan fingerprint density at radius 2 is 2.41 bits per heavy atom. The summed E-state index contributed by atoms with van der Waals surface area (Å²) in [5.41, 5.74) is 6.76. The summed E-state index contributed by atoms with van der Waals surface area (Å²) in [4.78, 5) is 2.34. The van der Waals surface area contributed by atoms with Crippen molar-refractivity contribution in [1.82, 2.24) is 4.90 Å². The summed E-state index contributed by atoms with van der Waals surface area (Å²) in [6, 6.07) is 7.70. The third-order valence-corrected chi connectivity index (χ3v) is 3.33. The number of nitrogens with two attached hydrogens (primary N) is 1. The van der Waals surface area contributed by atoms with E-state index in [1.54, 1.807) is 6.07 Å². The summed E-state index contributed by atoms with van der Waals surface area (Å²) >= 11 is 0. The number of rotatable bonds is 3. The van der Waals surface area contributed by atoms with Gasteiger partial charge in [0.2, 0.25) is 0 Å². The minimum atomic E-state index is 0.128. The van der Waals surface area contributed by atoms with E-state index in [1.165, 1.54) is 0 Å². The largest absolute Gasteiger partial charge is 0.508 e. The molecule has 2 rings (SSSR count). The topological polar surface area (TPSA) is 58.7 Å². The van der Waals surface area contributed by atoms with Gasteiger partial charge in [-0.2, -0.15) is 0 Å². The first-order chi connectivity index (χ1) is 8.20. The van der Waals surface area contributed by atoms with Crippen LogP contribution in [0.25, 0.3) is 0 Å². The van der Waals surface area contributed by atoms with Crippen LogP contribution in [0.1, 0.15) is 18.5 Å². The van der Waals surface area contributed by atoms with Crippen molar-refractivity contribution >= 4 is 0 Å². The van der Waals surface area contributed by atoms with Gasteiger partial charge in [-0.15, -0.1) is 0 Å². The highest BCUT2D eigenvalue weighted by atomic mass is 16.5. The molecule has 1 saturated heterocycles. The maximum atomic E-state index is 9.50. The molecule has 0 saturated carbocycles. The molecule has 0 bridgehead atoms. The van der Waals surface area contributed by atoms with Gasteiger partial charge in [-0.3, -0.25) is 4.90 Å². The molecule has 0 aromatic heterocycles. The number of hydrogen-bond donors (Lipinski definition) is 2. The molecule has 2 atom stereocenters. The van der Waals surface area contributed by atoms with Gasteiger partial charge in [-0.05, 0) is 24.6 Å². The average molecular weight is 236 g/mol. The first-order valence-electron chi connectivity index (χ1n) is 6.05. The van der Waals surface area contributed by atoms with Crippen molar-refractivity contribution in [3.05, 3.63) is 29.8 Å². The second-order valence-corrected chi connectivity index (χ2v) is 4.49. The predicted molar refractivity (Wildman–Crippen MR) is 66.9 cm³/mol. The smallest absolute Gasteiger partial charge is 0.115 e. The third-order valence-electron chi connectivity index (χ3n) is 3.33. The van der Waals surface area contributed by atoms with Gasteiger partial charge in [0.25, 0.3) is 0 Å². The van der Waals surface area contributed by atoms with Gasteiger partial charge in [0, 0.05) is 25.7 Å². The fraction of sp³-hybridized carbons (Fsp3) is 0.538. The molecule has 3 N–H and O–H groups in total. The van der Waals surface area contributed by atoms with Gasteiger partial charge in [0.15, 0.2) is 0 Å². The molecule has 0 radical (unpaired) electrons. The quantitative estimate of drug-likeness (QED) is 0.825. The standard InChI is InChI=1S/C13H20N2O2/c1-10(11-3-2-4-12(16)7-11)15-5-6-17-13(8-14)9-15/h2-4,7,10,13,16H,5-6,8-9,14H2,1H3. The molecular formula is C13H20N2O2. The van der Waals surface area contributed by atoms with Crippen molar-refractivity contribution < 1.29 is 9.84 Å². The van der Waals surface area contributed by atoms with Crippen LogP contribution in [0.5, 0.6) is 5.75 Å². The van der Waals surface area contributed by atoms with Crippen LogP contribution in [-0.4, -0.2) is 42.4 Å². The van der Waals surface area contributed by atoms with Crippen molar-refractivity contribution in [3.8, 4) is 5.75 Å². The van der Waals surface area contributed by atoms with Crippen LogP contribution < -0.4 is 5.73 Å². The van der Waals surface area contributed by atoms with E-state index in [4.69, 9.17) is 10.5 Å². The van der Waals surface area contributed by atoms with E-state index in [9.17, 15) is 5.11 Å². The summed E-state index contributed by atoms with van der Waals surface area (Å²) in [6.07, 6.45) is 0.128. The van der Waals surface area contributed by atoms with Gasteiger partial charge in [0.1, 0.15) is 5.75 Å². The lowest BCUT2D eigenvalue weighted by molar-refractivity contribution is -0.0364. The number of morpholine rings is 1. The van der Waals surface area contributed by atoms with E-state index in [0.717, 1.165) is 25.3 Å². The van der Waals surface area contributed by atoms with Crippen molar-refractivity contribution in [3.63, 3.8) is 0 Å². The van der Waals surface area contributed by atoms with E-state index < -0.39 is 0 Å². The van der Waals surface area contributed by atoms with Crippen molar-refractivity contribution in [2.75, 3.05) is 26.2 Å². The Hall–Kier alpha value is -1.10. The Labute approximate surface area is 102 Å². The molecule has 94 valence electrons. The highest BCUT2D eigenvalue weighted by Gasteiger charge is 2.24. The van der Waals surface area contributed by atoms with Crippen LogP contribution in [-0.2, 0) is 4.74 Å².